The second-order valence-electron chi connectivity index (χ2n) is 5.15. The van der Waals surface area contributed by atoms with Crippen LogP contribution in [0.3, 0.4) is 0 Å². The van der Waals surface area contributed by atoms with Crippen molar-refractivity contribution in [3.05, 3.63) is 61.6 Å². The van der Waals surface area contributed by atoms with Gasteiger partial charge < -0.3 is 0 Å². The second kappa shape index (κ2) is 7.54. The summed E-state index contributed by atoms with van der Waals surface area (Å²) in [6.07, 6.45) is 6.71. The monoisotopic (exact) mass is 379 g/mol. The summed E-state index contributed by atoms with van der Waals surface area (Å²) in [6.45, 7) is 4.38. The normalized spacial score (nSPS) is 10.8. The number of benzene rings is 1. The quantitative estimate of drug-likeness (QED) is 0.473. The molecule has 0 saturated heterocycles. The second-order valence-corrected chi connectivity index (χ2v) is 7.11. The molecule has 0 aliphatic rings. The summed E-state index contributed by atoms with van der Waals surface area (Å²) in [5.74, 6) is 1.36. The van der Waals surface area contributed by atoms with Crippen LogP contribution in [0.2, 0.25) is 0 Å². The molecule has 0 aliphatic carbocycles. The lowest BCUT2D eigenvalue weighted by Gasteiger charge is -2.05. The van der Waals surface area contributed by atoms with E-state index < -0.39 is 0 Å². The van der Waals surface area contributed by atoms with Crippen molar-refractivity contribution in [3.63, 3.8) is 0 Å². The van der Waals surface area contributed by atoms with Gasteiger partial charge in [0.25, 0.3) is 0 Å². The molecule has 0 N–H and O–H groups in total. The third kappa shape index (κ3) is 3.39. The average Bonchev–Trinajstić information content (AvgIpc) is 3.32. The van der Waals surface area contributed by atoms with E-state index in [0.717, 1.165) is 9.90 Å². The molecule has 4 rings (SSSR count). The van der Waals surface area contributed by atoms with Gasteiger partial charge in [0, 0.05) is 24.5 Å². The number of nitrogens with zero attached hydrogens (tertiary/aromatic N) is 7. The van der Waals surface area contributed by atoms with E-state index in [2.05, 4.69) is 36.1 Å². The zero-order valence-electron chi connectivity index (χ0n) is 13.6. The van der Waals surface area contributed by atoms with Gasteiger partial charge in [-0.25, -0.2) is 9.97 Å². The smallest absolute Gasteiger partial charge is 0.198 e. The molecule has 0 radical (unpaired) electrons. The molecule has 9 heteroatoms. The number of allylic oxidation sites excluding steroid dienone is 1. The molecule has 0 bridgehead atoms. The Balaban J connectivity index is 1.64. The minimum absolute atomic E-state index is 0.561. The van der Waals surface area contributed by atoms with Crippen LogP contribution in [-0.2, 0) is 6.54 Å². The number of hydrogen-bond acceptors (Lipinski definition) is 8. The highest BCUT2D eigenvalue weighted by Gasteiger charge is 2.17. The summed E-state index contributed by atoms with van der Waals surface area (Å²) >= 11 is 2.76. The van der Waals surface area contributed by atoms with Crippen LogP contribution in [0.15, 0.2) is 71.1 Å². The van der Waals surface area contributed by atoms with Crippen LogP contribution in [0.4, 0.5) is 0 Å². The van der Waals surface area contributed by atoms with E-state index in [1.807, 2.05) is 34.9 Å². The van der Waals surface area contributed by atoms with Gasteiger partial charge >= 0.3 is 0 Å². The Morgan fingerprint density at radius 3 is 2.81 bits per heavy atom. The molecule has 0 unspecified atom stereocenters. The fourth-order valence-electron chi connectivity index (χ4n) is 2.30. The molecule has 0 fully saturated rings. The van der Waals surface area contributed by atoms with Gasteiger partial charge in [0.2, 0.25) is 0 Å². The first-order chi connectivity index (χ1) is 12.8. The van der Waals surface area contributed by atoms with Crippen LogP contribution in [0.25, 0.3) is 22.9 Å². The van der Waals surface area contributed by atoms with Crippen molar-refractivity contribution in [3.8, 4) is 22.9 Å². The third-order valence-corrected chi connectivity index (χ3v) is 5.17. The molecular weight excluding hydrogens is 366 g/mol. The van der Waals surface area contributed by atoms with Gasteiger partial charge in [-0.3, -0.25) is 9.55 Å². The summed E-state index contributed by atoms with van der Waals surface area (Å²) in [5, 5.41) is 9.26. The zero-order valence-corrected chi connectivity index (χ0v) is 15.2. The Hall–Kier alpha value is -2.91. The maximum atomic E-state index is 4.59. The van der Waals surface area contributed by atoms with Crippen molar-refractivity contribution in [2.24, 2.45) is 0 Å². The first-order valence-electron chi connectivity index (χ1n) is 7.72. The lowest BCUT2D eigenvalue weighted by Crippen LogP contribution is -2.01. The molecule has 128 valence electrons. The fraction of sp³-hybridized carbons (Fsp3) is 0.0588. The van der Waals surface area contributed by atoms with Gasteiger partial charge in [-0.15, -0.1) is 16.8 Å². The summed E-state index contributed by atoms with van der Waals surface area (Å²) in [5.41, 5.74) is 1.65. The average molecular weight is 379 g/mol. The van der Waals surface area contributed by atoms with Gasteiger partial charge in [0.05, 0.1) is 6.20 Å². The van der Waals surface area contributed by atoms with Crippen molar-refractivity contribution in [2.45, 2.75) is 16.0 Å². The first-order valence-corrected chi connectivity index (χ1v) is 9.31. The molecule has 0 atom stereocenters. The highest BCUT2D eigenvalue weighted by molar-refractivity contribution is 8.00. The molecular formula is C17H13N7S2. The highest BCUT2D eigenvalue weighted by Crippen LogP contribution is 2.31. The number of hydrogen-bond donors (Lipinski definition) is 0. The Bertz CT molecular complexity index is 1010. The predicted octanol–water partition coefficient (Wildman–Crippen LogP) is 3.59. The van der Waals surface area contributed by atoms with E-state index in [9.17, 15) is 0 Å². The van der Waals surface area contributed by atoms with Crippen LogP contribution in [-0.4, -0.2) is 34.1 Å². The zero-order chi connectivity index (χ0) is 17.8. The third-order valence-electron chi connectivity index (χ3n) is 3.44. The van der Waals surface area contributed by atoms with Gasteiger partial charge in [-0.2, -0.15) is 4.37 Å². The van der Waals surface area contributed by atoms with Crippen molar-refractivity contribution >= 4 is 23.3 Å². The molecule has 0 amide bonds. The van der Waals surface area contributed by atoms with Gasteiger partial charge in [0.1, 0.15) is 5.69 Å². The molecule has 0 spiro atoms. The van der Waals surface area contributed by atoms with E-state index >= 15 is 0 Å². The Kier molecular flexibility index (Phi) is 4.80. The van der Waals surface area contributed by atoms with E-state index in [-0.39, 0.29) is 0 Å². The Morgan fingerprint density at radius 2 is 2.04 bits per heavy atom. The molecule has 7 nitrogen and oxygen atoms in total. The summed E-state index contributed by atoms with van der Waals surface area (Å²) in [6, 6.07) is 9.89. The van der Waals surface area contributed by atoms with Gasteiger partial charge in [-0.05, 0) is 23.3 Å². The first kappa shape index (κ1) is 16.6. The molecule has 3 aromatic heterocycles. The largest absolute Gasteiger partial charge is 0.296 e. The molecule has 0 saturated carbocycles. The van der Waals surface area contributed by atoms with Crippen LogP contribution in [0.1, 0.15) is 0 Å². The minimum atomic E-state index is 0.561. The van der Waals surface area contributed by atoms with Crippen LogP contribution < -0.4 is 0 Å². The highest BCUT2D eigenvalue weighted by atomic mass is 32.2. The summed E-state index contributed by atoms with van der Waals surface area (Å²) in [7, 11) is 0. The predicted molar refractivity (Wildman–Crippen MR) is 101 cm³/mol. The molecule has 1 aromatic carbocycles. The maximum Gasteiger partial charge on any atom is 0.198 e. The molecule has 0 aliphatic heterocycles. The molecule has 26 heavy (non-hydrogen) atoms. The van der Waals surface area contributed by atoms with Crippen LogP contribution in [0, 0.1) is 0 Å². The maximum absolute atomic E-state index is 4.59. The number of aromatic nitrogens is 7. The van der Waals surface area contributed by atoms with Crippen LogP contribution in [0.5, 0.6) is 0 Å². The van der Waals surface area contributed by atoms with Crippen molar-refractivity contribution in [2.75, 3.05) is 0 Å². The van der Waals surface area contributed by atoms with E-state index in [1.165, 1.54) is 23.3 Å². The SMILES string of the molecule is C=CCn1c(Sc2nc(-c3ccccc3)ns2)nnc1-c1cnccn1. The van der Waals surface area contributed by atoms with Gasteiger partial charge in [-0.1, -0.05) is 36.4 Å². The number of rotatable bonds is 6. The fourth-order valence-corrected chi connectivity index (χ4v) is 3.86. The lowest BCUT2D eigenvalue weighted by molar-refractivity contribution is 0.729. The summed E-state index contributed by atoms with van der Waals surface area (Å²) in [4.78, 5) is 13.0. The van der Waals surface area contributed by atoms with Crippen LogP contribution >= 0.6 is 23.3 Å². The van der Waals surface area contributed by atoms with E-state index in [0.29, 0.717) is 29.0 Å². The Labute approximate surface area is 158 Å². The molecule has 4 aromatic rings. The topological polar surface area (TPSA) is 82.3 Å². The minimum Gasteiger partial charge on any atom is -0.296 e. The van der Waals surface area contributed by atoms with Crippen molar-refractivity contribution < 1.29 is 0 Å². The van der Waals surface area contributed by atoms with Crippen molar-refractivity contribution in [1.82, 2.24) is 34.1 Å². The van der Waals surface area contributed by atoms with E-state index in [4.69, 9.17) is 0 Å². The lowest BCUT2D eigenvalue weighted by atomic mass is 10.2. The molecule has 3 heterocycles. The standard InChI is InChI=1S/C17H13N7S2/c1-2-10-24-15(13-11-18-8-9-19-13)21-22-16(24)25-17-20-14(23-26-17)12-6-4-3-5-7-12/h2-9,11H,1,10H2. The van der Waals surface area contributed by atoms with E-state index in [1.54, 1.807) is 24.7 Å². The van der Waals surface area contributed by atoms with Crippen molar-refractivity contribution in [1.29, 1.82) is 0 Å². The Morgan fingerprint density at radius 1 is 1.15 bits per heavy atom. The summed E-state index contributed by atoms with van der Waals surface area (Å²) < 4.78 is 7.17. The van der Waals surface area contributed by atoms with Gasteiger partial charge in [0.15, 0.2) is 21.1 Å².